The van der Waals surface area contributed by atoms with Crippen LogP contribution in [0.25, 0.3) is 0 Å². The summed E-state index contributed by atoms with van der Waals surface area (Å²) in [6.07, 6.45) is 0. The number of rotatable bonds is 5. The van der Waals surface area contributed by atoms with Crippen LogP contribution in [0.15, 0.2) is 42.5 Å². The first kappa shape index (κ1) is 18.4. The molecular formula is C19H19FN2O3S. The standard InChI is InChI=1S/C19H19FN2O3S/c1-12-3-8-15(9-16(12)20)22-18(24)11-26-19(22)13-4-6-14(7-5-13)21-17(23)10-25-2/h3-9,19H,10-11H2,1-2H3,(H,21,23). The Balaban J connectivity index is 1.82. The number of halogens is 1. The molecule has 1 saturated heterocycles. The van der Waals surface area contributed by atoms with E-state index in [0.717, 1.165) is 5.56 Å². The Bertz CT molecular complexity index is 826. The molecular weight excluding hydrogens is 355 g/mol. The van der Waals surface area contributed by atoms with E-state index in [2.05, 4.69) is 5.32 Å². The number of carbonyl (C=O) groups is 2. The molecule has 5 nitrogen and oxygen atoms in total. The van der Waals surface area contributed by atoms with Crippen LogP contribution < -0.4 is 10.2 Å². The maximum atomic E-state index is 13.9. The van der Waals surface area contributed by atoms with Crippen LogP contribution >= 0.6 is 11.8 Å². The molecule has 0 bridgehead atoms. The van der Waals surface area contributed by atoms with Gasteiger partial charge in [-0.25, -0.2) is 4.39 Å². The van der Waals surface area contributed by atoms with Crippen molar-refractivity contribution in [1.82, 2.24) is 0 Å². The molecule has 2 amide bonds. The van der Waals surface area contributed by atoms with Crippen LogP contribution in [0.5, 0.6) is 0 Å². The number of anilines is 2. The number of nitrogens with zero attached hydrogens (tertiary/aromatic N) is 1. The van der Waals surface area contributed by atoms with Crippen LogP contribution in [0.2, 0.25) is 0 Å². The van der Waals surface area contributed by atoms with Gasteiger partial charge in [0.2, 0.25) is 11.8 Å². The van der Waals surface area contributed by atoms with Crippen molar-refractivity contribution < 1.29 is 18.7 Å². The highest BCUT2D eigenvalue weighted by Gasteiger charge is 2.34. The second-order valence-electron chi connectivity index (χ2n) is 5.96. The lowest BCUT2D eigenvalue weighted by Crippen LogP contribution is -2.28. The summed E-state index contributed by atoms with van der Waals surface area (Å²) in [6.45, 7) is 1.68. The highest BCUT2D eigenvalue weighted by Crippen LogP contribution is 2.42. The Morgan fingerprint density at radius 2 is 2.04 bits per heavy atom. The molecule has 0 spiro atoms. The summed E-state index contributed by atoms with van der Waals surface area (Å²) in [4.78, 5) is 25.5. The van der Waals surface area contributed by atoms with Gasteiger partial charge in [-0.15, -0.1) is 11.8 Å². The van der Waals surface area contributed by atoms with E-state index in [4.69, 9.17) is 4.74 Å². The highest BCUT2D eigenvalue weighted by molar-refractivity contribution is 8.00. The minimum Gasteiger partial charge on any atom is -0.375 e. The average Bonchev–Trinajstić information content (AvgIpc) is 3.00. The van der Waals surface area contributed by atoms with Crippen molar-refractivity contribution in [2.75, 3.05) is 29.7 Å². The number of hydrogen-bond acceptors (Lipinski definition) is 4. The smallest absolute Gasteiger partial charge is 0.250 e. The van der Waals surface area contributed by atoms with E-state index in [1.54, 1.807) is 36.1 Å². The number of carbonyl (C=O) groups excluding carboxylic acids is 2. The first-order valence-electron chi connectivity index (χ1n) is 8.08. The van der Waals surface area contributed by atoms with Crippen molar-refractivity contribution in [3.63, 3.8) is 0 Å². The topological polar surface area (TPSA) is 58.6 Å². The Kier molecular flexibility index (Phi) is 5.58. The summed E-state index contributed by atoms with van der Waals surface area (Å²) in [5.41, 5.74) is 2.65. The normalized spacial score (nSPS) is 16.8. The molecule has 1 aliphatic rings. The van der Waals surface area contributed by atoms with Crippen molar-refractivity contribution in [1.29, 1.82) is 0 Å². The first-order valence-corrected chi connectivity index (χ1v) is 9.13. The molecule has 3 rings (SSSR count). The molecule has 0 radical (unpaired) electrons. The molecule has 1 unspecified atom stereocenters. The summed E-state index contributed by atoms with van der Waals surface area (Å²) < 4.78 is 18.7. The van der Waals surface area contributed by atoms with Crippen molar-refractivity contribution in [3.05, 3.63) is 59.4 Å². The monoisotopic (exact) mass is 374 g/mol. The number of benzene rings is 2. The third kappa shape index (κ3) is 3.89. The molecule has 0 aliphatic carbocycles. The van der Waals surface area contributed by atoms with Crippen molar-refractivity contribution in [2.24, 2.45) is 0 Å². The SMILES string of the molecule is COCC(=O)Nc1ccc(C2SCC(=O)N2c2ccc(C)c(F)c2)cc1. The van der Waals surface area contributed by atoms with Crippen LogP contribution in [0.1, 0.15) is 16.5 Å². The van der Waals surface area contributed by atoms with Crippen LogP contribution in [0.3, 0.4) is 0 Å². The first-order chi connectivity index (χ1) is 12.5. The zero-order valence-corrected chi connectivity index (χ0v) is 15.3. The Morgan fingerprint density at radius 3 is 2.69 bits per heavy atom. The fourth-order valence-corrected chi connectivity index (χ4v) is 3.92. The Morgan fingerprint density at radius 1 is 1.31 bits per heavy atom. The van der Waals surface area contributed by atoms with E-state index in [0.29, 0.717) is 22.7 Å². The summed E-state index contributed by atoms with van der Waals surface area (Å²) in [5.74, 6) is -0.280. The number of thioether (sulfide) groups is 1. The molecule has 1 atom stereocenters. The van der Waals surface area contributed by atoms with Crippen LogP contribution in [-0.2, 0) is 14.3 Å². The van der Waals surface area contributed by atoms with E-state index in [9.17, 15) is 14.0 Å². The van der Waals surface area contributed by atoms with Gasteiger partial charge in [0, 0.05) is 18.5 Å². The Labute approximate surface area is 155 Å². The van der Waals surface area contributed by atoms with E-state index < -0.39 is 0 Å². The van der Waals surface area contributed by atoms with Crippen LogP contribution in [0, 0.1) is 12.7 Å². The molecule has 1 fully saturated rings. The average molecular weight is 374 g/mol. The zero-order chi connectivity index (χ0) is 18.7. The molecule has 2 aromatic carbocycles. The van der Waals surface area contributed by atoms with Crippen LogP contribution in [0.4, 0.5) is 15.8 Å². The van der Waals surface area contributed by atoms with Crippen molar-refractivity contribution >= 4 is 35.0 Å². The number of amides is 2. The van der Waals surface area contributed by atoms with E-state index in [-0.39, 0.29) is 29.6 Å². The van der Waals surface area contributed by atoms with Gasteiger partial charge >= 0.3 is 0 Å². The second kappa shape index (κ2) is 7.88. The largest absolute Gasteiger partial charge is 0.375 e. The lowest BCUT2D eigenvalue weighted by molar-refractivity contribution is -0.119. The minimum absolute atomic E-state index is 0.0124. The van der Waals surface area contributed by atoms with Gasteiger partial charge in [-0.05, 0) is 42.3 Å². The molecule has 0 saturated carbocycles. The fourth-order valence-electron chi connectivity index (χ4n) is 2.74. The summed E-state index contributed by atoms with van der Waals surface area (Å²) in [5, 5.41) is 2.50. The van der Waals surface area contributed by atoms with Gasteiger partial charge in [0.25, 0.3) is 0 Å². The van der Waals surface area contributed by atoms with Gasteiger partial charge in [0.15, 0.2) is 0 Å². The van der Waals surface area contributed by atoms with Crippen LogP contribution in [-0.4, -0.2) is 31.3 Å². The third-order valence-electron chi connectivity index (χ3n) is 4.06. The maximum Gasteiger partial charge on any atom is 0.250 e. The van der Waals surface area contributed by atoms with Crippen molar-refractivity contribution in [3.8, 4) is 0 Å². The third-order valence-corrected chi connectivity index (χ3v) is 5.27. The lowest BCUT2D eigenvalue weighted by atomic mass is 10.1. The summed E-state index contributed by atoms with van der Waals surface area (Å²) >= 11 is 1.49. The molecule has 7 heteroatoms. The number of nitrogens with one attached hydrogen (secondary N) is 1. The van der Waals surface area contributed by atoms with E-state index in [1.165, 1.54) is 24.9 Å². The van der Waals surface area contributed by atoms with Crippen molar-refractivity contribution in [2.45, 2.75) is 12.3 Å². The molecule has 1 heterocycles. The molecule has 0 aromatic heterocycles. The summed E-state index contributed by atoms with van der Waals surface area (Å²) in [6, 6.07) is 12.1. The quantitative estimate of drug-likeness (QED) is 0.870. The number of ether oxygens (including phenoxy) is 1. The fraction of sp³-hybridized carbons (Fsp3) is 0.263. The second-order valence-corrected chi connectivity index (χ2v) is 7.03. The lowest BCUT2D eigenvalue weighted by Gasteiger charge is -2.24. The maximum absolute atomic E-state index is 13.9. The Hall–Kier alpha value is -2.38. The van der Waals surface area contributed by atoms with Gasteiger partial charge in [0.05, 0.1) is 5.75 Å². The van der Waals surface area contributed by atoms with Gasteiger partial charge in [0.1, 0.15) is 17.8 Å². The molecule has 26 heavy (non-hydrogen) atoms. The molecule has 1 N–H and O–H groups in total. The van der Waals surface area contributed by atoms with E-state index >= 15 is 0 Å². The zero-order valence-electron chi connectivity index (χ0n) is 14.5. The van der Waals surface area contributed by atoms with E-state index in [1.807, 2.05) is 12.1 Å². The molecule has 2 aromatic rings. The summed E-state index contributed by atoms with van der Waals surface area (Å²) in [7, 11) is 1.46. The molecule has 136 valence electrons. The van der Waals surface area contributed by atoms with Gasteiger partial charge < -0.3 is 10.1 Å². The highest BCUT2D eigenvalue weighted by atomic mass is 32.2. The number of methoxy groups -OCH3 is 1. The minimum atomic E-state index is -0.331. The predicted molar refractivity (Wildman–Crippen MR) is 101 cm³/mol. The predicted octanol–water partition coefficient (Wildman–Crippen LogP) is 3.50. The van der Waals surface area contributed by atoms with Gasteiger partial charge in [-0.2, -0.15) is 0 Å². The number of aryl methyl sites for hydroxylation is 1. The molecule has 1 aliphatic heterocycles. The number of hydrogen-bond donors (Lipinski definition) is 1. The van der Waals surface area contributed by atoms with Gasteiger partial charge in [-0.1, -0.05) is 18.2 Å². The van der Waals surface area contributed by atoms with Gasteiger partial charge in [-0.3, -0.25) is 14.5 Å².